The summed E-state index contributed by atoms with van der Waals surface area (Å²) in [7, 11) is 0. The first-order valence-corrected chi connectivity index (χ1v) is 8.18. The van der Waals surface area contributed by atoms with Crippen LogP contribution in [0.5, 0.6) is 0 Å². The molecule has 3 aliphatic carbocycles. The highest BCUT2D eigenvalue weighted by Gasteiger charge is 2.83. The molecule has 3 aliphatic rings. The first kappa shape index (κ1) is 12.5. The molecule has 0 heterocycles. The Morgan fingerprint density at radius 1 is 0.773 bits per heavy atom. The molecule has 0 bridgehead atoms. The number of allylic oxidation sites excluding steroid dienone is 4. The molecule has 1 saturated carbocycles. The Morgan fingerprint density at radius 3 is 2.05 bits per heavy atom. The number of hydrogen-bond donors (Lipinski definition) is 0. The molecule has 0 aliphatic heterocycles. The quantitative estimate of drug-likeness (QED) is 0.662. The van der Waals surface area contributed by atoms with Crippen LogP contribution in [-0.4, -0.2) is 0 Å². The molecule has 0 N–H and O–H groups in total. The van der Waals surface area contributed by atoms with Crippen LogP contribution in [0.4, 0.5) is 0 Å². The van der Waals surface area contributed by atoms with Gasteiger partial charge < -0.3 is 0 Å². The van der Waals surface area contributed by atoms with Crippen molar-refractivity contribution < 1.29 is 0 Å². The van der Waals surface area contributed by atoms with Gasteiger partial charge in [0, 0.05) is 16.2 Å². The number of hydrogen-bond acceptors (Lipinski definition) is 0. The third-order valence-electron chi connectivity index (χ3n) is 6.88. The lowest BCUT2D eigenvalue weighted by Gasteiger charge is -2.33. The molecule has 0 unspecified atom stereocenters. The summed E-state index contributed by atoms with van der Waals surface area (Å²) in [6.07, 6.45) is 7.53. The molecule has 0 nitrogen and oxygen atoms in total. The minimum atomic E-state index is 0.148. The maximum Gasteiger partial charge on any atom is 0.0272 e. The summed E-state index contributed by atoms with van der Waals surface area (Å²) in [5.41, 5.74) is 5.04. The maximum absolute atomic E-state index is 2.56. The maximum atomic E-state index is 2.56. The second-order valence-electron chi connectivity index (χ2n) is 7.40. The summed E-state index contributed by atoms with van der Waals surface area (Å²) in [6, 6.07) is 22.0. The second kappa shape index (κ2) is 3.63. The lowest BCUT2D eigenvalue weighted by molar-refractivity contribution is 0.333. The second-order valence-corrected chi connectivity index (χ2v) is 7.40. The van der Waals surface area contributed by atoms with Gasteiger partial charge in [-0.2, -0.15) is 0 Å². The predicted molar refractivity (Wildman–Crippen MR) is 91.4 cm³/mol. The molecule has 1 fully saturated rings. The Kier molecular flexibility index (Phi) is 2.06. The average Bonchev–Trinajstić information content (AvgIpc) is 2.96. The molecule has 0 saturated heterocycles. The third kappa shape index (κ3) is 1.08. The van der Waals surface area contributed by atoms with Gasteiger partial charge in [0.05, 0.1) is 0 Å². The van der Waals surface area contributed by atoms with Crippen LogP contribution in [0.3, 0.4) is 0 Å². The largest absolute Gasteiger partial charge is 0.0767 e. The van der Waals surface area contributed by atoms with Gasteiger partial charge in [0.1, 0.15) is 0 Å². The predicted octanol–water partition coefficient (Wildman–Crippen LogP) is 5.23. The fourth-order valence-corrected chi connectivity index (χ4v) is 5.49. The zero-order valence-electron chi connectivity index (χ0n) is 13.1. The highest BCUT2D eigenvalue weighted by atomic mass is 14.8. The fourth-order valence-electron chi connectivity index (χ4n) is 5.49. The SMILES string of the molecule is C[C@@]12[C@H]3C=C(c4ccccc4)[C@]1(C)C=C[C@]32c1ccccc1. The molecule has 4 atom stereocenters. The Morgan fingerprint density at radius 2 is 1.41 bits per heavy atom. The summed E-state index contributed by atoms with van der Waals surface area (Å²) in [5, 5.41) is 0. The van der Waals surface area contributed by atoms with Crippen LogP contribution in [-0.2, 0) is 5.41 Å². The van der Waals surface area contributed by atoms with Crippen molar-refractivity contribution in [2.45, 2.75) is 19.3 Å². The van der Waals surface area contributed by atoms with E-state index >= 15 is 0 Å². The molecule has 22 heavy (non-hydrogen) atoms. The van der Waals surface area contributed by atoms with E-state index in [1.54, 1.807) is 0 Å². The third-order valence-corrected chi connectivity index (χ3v) is 6.88. The van der Waals surface area contributed by atoms with Crippen LogP contribution in [0.15, 0.2) is 78.9 Å². The van der Waals surface area contributed by atoms with Crippen molar-refractivity contribution in [2.75, 3.05) is 0 Å². The van der Waals surface area contributed by atoms with Gasteiger partial charge in [-0.1, -0.05) is 92.7 Å². The monoisotopic (exact) mass is 284 g/mol. The van der Waals surface area contributed by atoms with Crippen molar-refractivity contribution in [1.82, 2.24) is 0 Å². The topological polar surface area (TPSA) is 0 Å². The number of benzene rings is 2. The van der Waals surface area contributed by atoms with Crippen LogP contribution in [0.2, 0.25) is 0 Å². The summed E-state index contributed by atoms with van der Waals surface area (Å²) < 4.78 is 0. The lowest BCUT2D eigenvalue weighted by atomic mass is 9.69. The van der Waals surface area contributed by atoms with E-state index in [-0.39, 0.29) is 10.8 Å². The molecule has 2 aromatic carbocycles. The molecule has 2 aromatic rings. The van der Waals surface area contributed by atoms with Gasteiger partial charge in [-0.25, -0.2) is 0 Å². The van der Waals surface area contributed by atoms with E-state index in [0.29, 0.717) is 11.3 Å². The highest BCUT2D eigenvalue weighted by Crippen LogP contribution is 2.87. The van der Waals surface area contributed by atoms with Crippen LogP contribution >= 0.6 is 0 Å². The highest BCUT2D eigenvalue weighted by molar-refractivity contribution is 5.83. The van der Waals surface area contributed by atoms with E-state index in [1.807, 2.05) is 0 Å². The van der Waals surface area contributed by atoms with Gasteiger partial charge in [0.2, 0.25) is 0 Å². The van der Waals surface area contributed by atoms with E-state index in [9.17, 15) is 0 Å². The van der Waals surface area contributed by atoms with Crippen molar-refractivity contribution in [1.29, 1.82) is 0 Å². The molecule has 108 valence electrons. The van der Waals surface area contributed by atoms with Crippen molar-refractivity contribution in [2.24, 2.45) is 16.7 Å². The Bertz CT molecular complexity index is 814. The Balaban J connectivity index is 1.69. The van der Waals surface area contributed by atoms with Crippen molar-refractivity contribution in [3.63, 3.8) is 0 Å². The fraction of sp³-hybridized carbons (Fsp3) is 0.273. The van der Waals surface area contributed by atoms with E-state index in [1.165, 1.54) is 16.7 Å². The molecular weight excluding hydrogens is 264 g/mol. The molecule has 0 amide bonds. The first-order valence-electron chi connectivity index (χ1n) is 8.18. The summed E-state index contributed by atoms with van der Waals surface area (Å²) in [5.74, 6) is 0.632. The van der Waals surface area contributed by atoms with E-state index in [4.69, 9.17) is 0 Å². The number of rotatable bonds is 2. The number of fused-ring (bicyclic) bond motifs is 1. The van der Waals surface area contributed by atoms with Crippen LogP contribution < -0.4 is 0 Å². The van der Waals surface area contributed by atoms with Crippen LogP contribution in [0.25, 0.3) is 5.57 Å². The minimum Gasteiger partial charge on any atom is -0.0767 e. The summed E-state index contributed by atoms with van der Waals surface area (Å²) >= 11 is 0. The van der Waals surface area contributed by atoms with E-state index < -0.39 is 0 Å². The zero-order valence-corrected chi connectivity index (χ0v) is 13.1. The molecule has 0 heteroatoms. The van der Waals surface area contributed by atoms with Gasteiger partial charge in [0.15, 0.2) is 0 Å². The molecule has 0 spiro atoms. The summed E-state index contributed by atoms with van der Waals surface area (Å²) in [6.45, 7) is 4.91. The zero-order chi connectivity index (χ0) is 15.0. The average molecular weight is 284 g/mol. The van der Waals surface area contributed by atoms with Crippen molar-refractivity contribution in [3.8, 4) is 0 Å². The molecule has 0 radical (unpaired) electrons. The minimum absolute atomic E-state index is 0.148. The van der Waals surface area contributed by atoms with E-state index in [2.05, 4.69) is 92.7 Å². The normalized spacial score (nSPS) is 40.5. The van der Waals surface area contributed by atoms with Crippen LogP contribution in [0, 0.1) is 16.7 Å². The van der Waals surface area contributed by atoms with Crippen molar-refractivity contribution >= 4 is 5.57 Å². The van der Waals surface area contributed by atoms with Crippen LogP contribution in [0.1, 0.15) is 25.0 Å². The van der Waals surface area contributed by atoms with Gasteiger partial charge in [-0.05, 0) is 22.6 Å². The van der Waals surface area contributed by atoms with Gasteiger partial charge >= 0.3 is 0 Å². The molecule has 5 rings (SSSR count). The van der Waals surface area contributed by atoms with Crippen molar-refractivity contribution in [3.05, 3.63) is 90.0 Å². The lowest BCUT2D eigenvalue weighted by Crippen LogP contribution is -2.26. The Hall–Kier alpha value is -2.08. The summed E-state index contributed by atoms with van der Waals surface area (Å²) in [4.78, 5) is 0. The standard InChI is InChI=1S/C22H20/c1-20-13-14-22(17-11-7-4-8-12-17)19(21(20,22)2)15-18(20)16-9-5-3-6-10-16/h3-15,19H,1-2H3/t19-,20+,21-,22+/m1/s1. The van der Waals surface area contributed by atoms with Gasteiger partial charge in [-0.3, -0.25) is 0 Å². The Labute approximate surface area is 132 Å². The van der Waals surface area contributed by atoms with Gasteiger partial charge in [-0.15, -0.1) is 0 Å². The molecule has 0 aromatic heterocycles. The smallest absolute Gasteiger partial charge is 0.0272 e. The molecular formula is C22H20. The first-order chi connectivity index (χ1) is 10.6. The van der Waals surface area contributed by atoms with E-state index in [0.717, 1.165) is 0 Å². The van der Waals surface area contributed by atoms with Gasteiger partial charge in [0.25, 0.3) is 0 Å².